The normalized spacial score (nSPS) is 10.5. The van der Waals surface area contributed by atoms with Gasteiger partial charge in [-0.3, -0.25) is 0 Å². The fourth-order valence-electron chi connectivity index (χ4n) is 2.58. The van der Waals surface area contributed by atoms with Crippen molar-refractivity contribution < 1.29 is 9.47 Å². The van der Waals surface area contributed by atoms with E-state index in [0.717, 1.165) is 22.9 Å². The van der Waals surface area contributed by atoms with Crippen LogP contribution in [-0.2, 0) is 0 Å². The van der Waals surface area contributed by atoms with Crippen LogP contribution in [0.15, 0.2) is 35.2 Å². The molecule has 1 aromatic carbocycles. The van der Waals surface area contributed by atoms with Crippen molar-refractivity contribution in [1.82, 2.24) is 15.0 Å². The van der Waals surface area contributed by atoms with Crippen LogP contribution in [0.3, 0.4) is 0 Å². The summed E-state index contributed by atoms with van der Waals surface area (Å²) < 4.78 is 11.1. The summed E-state index contributed by atoms with van der Waals surface area (Å²) in [6, 6.07) is 9.76. The molecule has 0 aliphatic heterocycles. The molecule has 132 valence electrons. The maximum absolute atomic E-state index is 9.29. The highest BCUT2D eigenvalue weighted by Crippen LogP contribution is 2.43. The second-order valence-electron chi connectivity index (χ2n) is 5.14. The third kappa shape index (κ3) is 3.34. The van der Waals surface area contributed by atoms with E-state index in [1.807, 2.05) is 44.2 Å². The minimum absolute atomic E-state index is 0.159. The maximum atomic E-state index is 9.29. The number of rotatable bonds is 6. The highest BCUT2D eigenvalue weighted by atomic mass is 32.2. The van der Waals surface area contributed by atoms with E-state index in [9.17, 15) is 5.26 Å². The topological polar surface area (TPSA) is 107 Å². The number of hydrogen-bond acceptors (Lipinski definition) is 8. The van der Waals surface area contributed by atoms with Crippen LogP contribution in [-0.4, -0.2) is 28.2 Å². The number of fused-ring (bicyclic) bond motifs is 1. The van der Waals surface area contributed by atoms with Crippen LogP contribution in [0.2, 0.25) is 0 Å². The lowest BCUT2D eigenvalue weighted by Crippen LogP contribution is -2.06. The number of pyridine rings is 1. The summed E-state index contributed by atoms with van der Waals surface area (Å²) in [5.74, 6) is 0.582. The van der Waals surface area contributed by atoms with Crippen molar-refractivity contribution in [1.29, 1.82) is 5.26 Å². The van der Waals surface area contributed by atoms with Crippen LogP contribution >= 0.6 is 11.8 Å². The first-order chi connectivity index (χ1) is 12.7. The van der Waals surface area contributed by atoms with Crippen molar-refractivity contribution in [2.75, 3.05) is 18.9 Å². The summed E-state index contributed by atoms with van der Waals surface area (Å²) in [7, 11) is 0. The third-order valence-corrected chi connectivity index (χ3v) is 4.21. The first kappa shape index (κ1) is 17.8. The summed E-state index contributed by atoms with van der Waals surface area (Å²) in [5.41, 5.74) is 8.18. The van der Waals surface area contributed by atoms with Crippen molar-refractivity contribution in [2.45, 2.75) is 18.7 Å². The molecular weight excluding hydrogens is 350 g/mol. The number of aromatic nitrogens is 3. The average molecular weight is 367 g/mol. The lowest BCUT2D eigenvalue weighted by Gasteiger charge is -2.16. The number of nitriles is 1. The maximum Gasteiger partial charge on any atom is 0.320 e. The van der Waals surface area contributed by atoms with E-state index in [1.165, 1.54) is 0 Å². The smallest absolute Gasteiger partial charge is 0.320 e. The van der Waals surface area contributed by atoms with E-state index in [2.05, 4.69) is 20.4 Å². The molecule has 0 aliphatic rings. The molecule has 0 atom stereocenters. The predicted octanol–water partition coefficient (Wildman–Crippen LogP) is 3.64. The van der Waals surface area contributed by atoms with Gasteiger partial charge in [0.2, 0.25) is 5.88 Å². The van der Waals surface area contributed by atoms with E-state index in [-0.39, 0.29) is 11.8 Å². The molecule has 3 aromatic rings. The molecule has 0 fully saturated rings. The molecule has 0 aliphatic carbocycles. The van der Waals surface area contributed by atoms with Gasteiger partial charge < -0.3 is 15.2 Å². The monoisotopic (exact) mass is 367 g/mol. The van der Waals surface area contributed by atoms with E-state index in [1.54, 1.807) is 0 Å². The highest BCUT2D eigenvalue weighted by Gasteiger charge is 2.22. The van der Waals surface area contributed by atoms with Gasteiger partial charge in [-0.25, -0.2) is 0 Å². The van der Waals surface area contributed by atoms with Crippen LogP contribution in [0.5, 0.6) is 11.9 Å². The fraction of sp³-hybridized carbons (Fsp3) is 0.222. The van der Waals surface area contributed by atoms with E-state index >= 15 is 0 Å². The van der Waals surface area contributed by atoms with Crippen molar-refractivity contribution >= 4 is 28.6 Å². The molecule has 2 aromatic heterocycles. The van der Waals surface area contributed by atoms with Crippen LogP contribution in [0.25, 0.3) is 22.2 Å². The molecule has 0 bridgehead atoms. The van der Waals surface area contributed by atoms with Gasteiger partial charge in [-0.1, -0.05) is 30.3 Å². The Morgan fingerprint density at radius 3 is 2.46 bits per heavy atom. The zero-order chi connectivity index (χ0) is 18.5. The number of thiocyanates is 1. The molecule has 0 saturated carbocycles. The van der Waals surface area contributed by atoms with Crippen molar-refractivity contribution in [3.05, 3.63) is 30.3 Å². The molecule has 2 N–H and O–H groups in total. The Balaban J connectivity index is 2.41. The molecule has 2 heterocycles. The second-order valence-corrected chi connectivity index (χ2v) is 5.93. The number of thioether (sulfide) groups is 1. The van der Waals surface area contributed by atoms with Crippen molar-refractivity contribution in [2.24, 2.45) is 0 Å². The Hall–Kier alpha value is -3.05. The van der Waals surface area contributed by atoms with Crippen LogP contribution in [0.4, 0.5) is 5.82 Å². The van der Waals surface area contributed by atoms with Crippen LogP contribution in [0, 0.1) is 10.7 Å². The van der Waals surface area contributed by atoms with Gasteiger partial charge in [-0.15, -0.1) is 0 Å². The molecule has 26 heavy (non-hydrogen) atoms. The van der Waals surface area contributed by atoms with Gasteiger partial charge in [0.05, 0.1) is 23.5 Å². The van der Waals surface area contributed by atoms with Gasteiger partial charge in [0.15, 0.2) is 5.65 Å². The lowest BCUT2D eigenvalue weighted by molar-refractivity contribution is 0.312. The molecule has 8 heteroatoms. The standard InChI is InChI=1S/C18H17N5O2S/c1-3-24-17-14(26-10-19)12(11-8-6-5-7-9-11)13-15(20)21-18(25-4-2)23-16(13)22-17/h5-9H,3-4H2,1-2H3,(H2,20,21,22,23). The van der Waals surface area contributed by atoms with E-state index in [0.29, 0.717) is 35.0 Å². The number of hydrogen-bond donors (Lipinski definition) is 1. The molecule has 3 rings (SSSR count). The molecule has 0 radical (unpaired) electrons. The minimum atomic E-state index is 0.159. The lowest BCUT2D eigenvalue weighted by atomic mass is 10.0. The number of nitrogens with two attached hydrogens (primary N) is 1. The largest absolute Gasteiger partial charge is 0.477 e. The van der Waals surface area contributed by atoms with Gasteiger partial charge in [0, 0.05) is 5.56 Å². The number of nitrogens with zero attached hydrogens (tertiary/aromatic N) is 4. The van der Waals surface area contributed by atoms with Gasteiger partial charge >= 0.3 is 6.01 Å². The Labute approximate surface area is 155 Å². The minimum Gasteiger partial charge on any atom is -0.477 e. The van der Waals surface area contributed by atoms with Crippen molar-refractivity contribution in [3.8, 4) is 28.4 Å². The third-order valence-electron chi connectivity index (χ3n) is 3.54. The quantitative estimate of drug-likeness (QED) is 0.520. The van der Waals surface area contributed by atoms with Gasteiger partial charge in [0.1, 0.15) is 11.2 Å². The molecular formula is C18H17N5O2S. The number of benzene rings is 1. The summed E-state index contributed by atoms with van der Waals surface area (Å²) >= 11 is 0.977. The van der Waals surface area contributed by atoms with E-state index in [4.69, 9.17) is 15.2 Å². The second kappa shape index (κ2) is 7.89. The molecule has 0 saturated heterocycles. The average Bonchev–Trinajstić information content (AvgIpc) is 2.64. The van der Waals surface area contributed by atoms with Crippen LogP contribution in [0.1, 0.15) is 13.8 Å². The van der Waals surface area contributed by atoms with E-state index < -0.39 is 0 Å². The van der Waals surface area contributed by atoms with Gasteiger partial charge in [0.25, 0.3) is 0 Å². The Bertz CT molecular complexity index is 973. The Kier molecular flexibility index (Phi) is 5.39. The van der Waals surface area contributed by atoms with Crippen molar-refractivity contribution in [3.63, 3.8) is 0 Å². The predicted molar refractivity (Wildman–Crippen MR) is 101 cm³/mol. The SMILES string of the molecule is CCOc1nc(N)c2c(-c3ccccc3)c(SC#N)c(OCC)nc2n1. The van der Waals surface area contributed by atoms with Gasteiger partial charge in [-0.05, 0) is 31.2 Å². The Morgan fingerprint density at radius 1 is 1.08 bits per heavy atom. The number of nitrogen functional groups attached to an aromatic ring is 1. The van der Waals surface area contributed by atoms with Crippen LogP contribution < -0.4 is 15.2 Å². The molecule has 7 nitrogen and oxygen atoms in total. The fourth-order valence-corrected chi connectivity index (χ4v) is 3.19. The molecule has 0 amide bonds. The summed E-state index contributed by atoms with van der Waals surface area (Å²) in [5, 5.41) is 12.0. The number of ether oxygens (including phenoxy) is 2. The zero-order valence-electron chi connectivity index (χ0n) is 14.4. The number of anilines is 1. The first-order valence-electron chi connectivity index (χ1n) is 8.07. The first-order valence-corrected chi connectivity index (χ1v) is 8.89. The summed E-state index contributed by atoms with van der Waals surface area (Å²) in [4.78, 5) is 13.6. The zero-order valence-corrected chi connectivity index (χ0v) is 15.2. The Morgan fingerprint density at radius 2 is 1.81 bits per heavy atom. The summed E-state index contributed by atoms with van der Waals surface area (Å²) in [6.45, 7) is 4.52. The molecule has 0 spiro atoms. The highest BCUT2D eigenvalue weighted by molar-refractivity contribution is 8.04. The summed E-state index contributed by atoms with van der Waals surface area (Å²) in [6.07, 6.45) is 0. The molecule has 0 unspecified atom stereocenters. The van der Waals surface area contributed by atoms with Gasteiger partial charge in [-0.2, -0.15) is 20.2 Å².